The lowest BCUT2D eigenvalue weighted by molar-refractivity contribution is -0.137. The molecule has 0 atom stereocenters. The lowest BCUT2D eigenvalue weighted by Crippen LogP contribution is -2.05. The normalized spacial score (nSPS) is 11.4. The fourth-order valence-electron chi connectivity index (χ4n) is 8.93. The number of esters is 1. The second kappa shape index (κ2) is 35.7. The molecule has 0 amide bonds. The third kappa shape index (κ3) is 20.9. The summed E-state index contributed by atoms with van der Waals surface area (Å²) in [6.45, 7) is 19.0. The fraction of sp³-hybridized carbons (Fsp3) is 0.656. The van der Waals surface area contributed by atoms with Gasteiger partial charge in [0, 0.05) is 6.08 Å². The molecule has 0 unspecified atom stereocenters. The first-order valence-electron chi connectivity index (χ1n) is 28.1. The average molecular weight is 955 g/mol. The van der Waals surface area contributed by atoms with Gasteiger partial charge in [-0.15, -0.1) is 0 Å². The molecule has 0 aliphatic heterocycles. The minimum atomic E-state index is -0.339. The summed E-state index contributed by atoms with van der Waals surface area (Å²) in [6, 6.07) is 13.4. The Balaban J connectivity index is 1.78. The third-order valence-corrected chi connectivity index (χ3v) is 13.1. The molecule has 0 fully saturated rings. The largest absolute Gasteiger partial charge is 0.490 e. The van der Waals surface area contributed by atoms with Gasteiger partial charge in [0.05, 0.1) is 46.2 Å². The summed E-state index contributed by atoms with van der Waals surface area (Å²) in [4.78, 5) is 11.3. The van der Waals surface area contributed by atoms with E-state index in [1.165, 1.54) is 89.5 Å². The molecule has 8 nitrogen and oxygen atoms in total. The highest BCUT2D eigenvalue weighted by Crippen LogP contribution is 2.47. The predicted octanol–water partition coefficient (Wildman–Crippen LogP) is 18.2. The monoisotopic (exact) mass is 955 g/mol. The average Bonchev–Trinajstić information content (AvgIpc) is 3.36. The number of unbranched alkanes of at least 4 members (excludes halogenated alkanes) is 22. The van der Waals surface area contributed by atoms with E-state index in [9.17, 15) is 4.79 Å². The van der Waals surface area contributed by atoms with Crippen LogP contribution in [0, 0.1) is 0 Å². The Labute approximate surface area is 418 Å². The van der Waals surface area contributed by atoms with E-state index in [1.807, 2.05) is 0 Å². The number of hydrogen-bond acceptors (Lipinski definition) is 8. The summed E-state index contributed by atoms with van der Waals surface area (Å²) < 4.78 is 45.3. The van der Waals surface area contributed by atoms with Gasteiger partial charge in [0.1, 0.15) is 0 Å². The summed E-state index contributed by atoms with van der Waals surface area (Å²) in [6.07, 6.45) is 32.7. The van der Waals surface area contributed by atoms with Crippen molar-refractivity contribution < 1.29 is 38.0 Å². The summed E-state index contributed by atoms with van der Waals surface area (Å²) in [7, 11) is 0. The molecule has 0 aliphatic rings. The molecule has 4 rings (SSSR count). The number of carbonyl (C=O) groups is 1. The van der Waals surface area contributed by atoms with Crippen LogP contribution in [0.15, 0.2) is 49.1 Å². The molecule has 0 aliphatic carbocycles. The lowest BCUT2D eigenvalue weighted by Gasteiger charge is -2.21. The maximum Gasteiger partial charge on any atom is 0.330 e. The van der Waals surface area contributed by atoms with Gasteiger partial charge in [0.25, 0.3) is 0 Å². The highest BCUT2D eigenvalue weighted by Gasteiger charge is 2.21. The molecular weight excluding hydrogens is 861 g/mol. The summed E-state index contributed by atoms with van der Waals surface area (Å²) in [5.74, 6) is 4.42. The molecule has 4 aromatic carbocycles. The SMILES string of the molecule is C=CC(=O)OCCCCCCCCCCOc1cc2c3cc(OCCCCCC)c(OCCCCCC)cc3c3cc(OCCCCCC)c(OCCCCCC)cc3c2cc1OCCCCCC. The van der Waals surface area contributed by atoms with Crippen molar-refractivity contribution in [2.75, 3.05) is 46.2 Å². The topological polar surface area (TPSA) is 81.7 Å². The second-order valence-electron chi connectivity index (χ2n) is 19.1. The summed E-state index contributed by atoms with van der Waals surface area (Å²) in [5, 5.41) is 6.59. The molecule has 0 spiro atoms. The summed E-state index contributed by atoms with van der Waals surface area (Å²) >= 11 is 0. The van der Waals surface area contributed by atoms with Crippen LogP contribution < -0.4 is 28.4 Å². The van der Waals surface area contributed by atoms with Crippen molar-refractivity contribution in [1.82, 2.24) is 0 Å². The molecule has 0 saturated carbocycles. The van der Waals surface area contributed by atoms with E-state index in [0.717, 1.165) is 163 Å². The molecule has 0 bridgehead atoms. The zero-order chi connectivity index (χ0) is 49.2. The minimum Gasteiger partial charge on any atom is -0.490 e. The molecule has 0 saturated heterocycles. The van der Waals surface area contributed by atoms with Gasteiger partial charge in [0.2, 0.25) is 0 Å². The van der Waals surface area contributed by atoms with Gasteiger partial charge in [-0.1, -0.05) is 176 Å². The molecule has 8 heteroatoms. The highest BCUT2D eigenvalue weighted by atomic mass is 16.5. The van der Waals surface area contributed by atoms with Gasteiger partial charge in [0.15, 0.2) is 34.5 Å². The van der Waals surface area contributed by atoms with Crippen LogP contribution in [0.5, 0.6) is 34.5 Å². The van der Waals surface area contributed by atoms with Crippen LogP contribution in [0.3, 0.4) is 0 Å². The van der Waals surface area contributed by atoms with Crippen molar-refractivity contribution in [2.45, 2.75) is 214 Å². The Morgan fingerprint density at radius 2 is 0.507 bits per heavy atom. The van der Waals surface area contributed by atoms with E-state index < -0.39 is 0 Å². The van der Waals surface area contributed by atoms with Crippen LogP contribution in [0.4, 0.5) is 0 Å². The van der Waals surface area contributed by atoms with Gasteiger partial charge < -0.3 is 33.2 Å². The van der Waals surface area contributed by atoms with E-state index in [0.29, 0.717) is 46.2 Å². The maximum atomic E-state index is 11.3. The molecule has 4 aromatic rings. The second-order valence-corrected chi connectivity index (χ2v) is 19.1. The van der Waals surface area contributed by atoms with Crippen LogP contribution in [-0.2, 0) is 9.53 Å². The predicted molar refractivity (Wildman–Crippen MR) is 291 cm³/mol. The number of carbonyl (C=O) groups excluding carboxylic acids is 1. The van der Waals surface area contributed by atoms with Crippen molar-refractivity contribution in [3.05, 3.63) is 49.1 Å². The number of ether oxygens (including phenoxy) is 7. The first-order valence-corrected chi connectivity index (χ1v) is 28.1. The van der Waals surface area contributed by atoms with Crippen LogP contribution in [-0.4, -0.2) is 52.2 Å². The Hall–Kier alpha value is -4.33. The molecule has 0 aromatic heterocycles. The van der Waals surface area contributed by atoms with Crippen molar-refractivity contribution in [3.8, 4) is 34.5 Å². The van der Waals surface area contributed by atoms with Crippen molar-refractivity contribution in [2.24, 2.45) is 0 Å². The molecule has 0 N–H and O–H groups in total. The van der Waals surface area contributed by atoms with E-state index in [2.05, 4.69) is 77.6 Å². The van der Waals surface area contributed by atoms with Crippen LogP contribution in [0.1, 0.15) is 214 Å². The summed E-state index contributed by atoms with van der Waals surface area (Å²) in [5.41, 5.74) is 0. The van der Waals surface area contributed by atoms with E-state index in [-0.39, 0.29) is 5.97 Å². The molecule has 386 valence electrons. The zero-order valence-electron chi connectivity index (χ0n) is 44.3. The molecule has 0 heterocycles. The van der Waals surface area contributed by atoms with Crippen molar-refractivity contribution in [1.29, 1.82) is 0 Å². The number of rotatable bonds is 43. The van der Waals surface area contributed by atoms with Crippen LogP contribution >= 0.6 is 0 Å². The first kappa shape index (κ1) is 57.3. The highest BCUT2D eigenvalue weighted by molar-refractivity contribution is 6.26. The third-order valence-electron chi connectivity index (χ3n) is 13.1. The zero-order valence-corrected chi connectivity index (χ0v) is 44.3. The van der Waals surface area contributed by atoms with Gasteiger partial charge in [-0.05, 0) is 114 Å². The van der Waals surface area contributed by atoms with Gasteiger partial charge in [-0.25, -0.2) is 4.79 Å². The lowest BCUT2D eigenvalue weighted by atomic mass is 9.93. The Bertz CT molecular complexity index is 1970. The molecular formula is C61H94O8. The quantitative estimate of drug-likeness (QED) is 0.0188. The van der Waals surface area contributed by atoms with E-state index in [4.69, 9.17) is 33.2 Å². The number of benzene rings is 4. The van der Waals surface area contributed by atoms with Crippen molar-refractivity contribution in [3.63, 3.8) is 0 Å². The Morgan fingerprint density at radius 3 is 0.710 bits per heavy atom. The van der Waals surface area contributed by atoms with E-state index in [1.54, 1.807) is 0 Å². The molecule has 69 heavy (non-hydrogen) atoms. The maximum absolute atomic E-state index is 11.3. The van der Waals surface area contributed by atoms with E-state index >= 15 is 0 Å². The smallest absolute Gasteiger partial charge is 0.330 e. The fourth-order valence-corrected chi connectivity index (χ4v) is 8.93. The Morgan fingerprint density at radius 1 is 0.319 bits per heavy atom. The Kier molecular flexibility index (Phi) is 29.6. The van der Waals surface area contributed by atoms with Crippen LogP contribution in [0.25, 0.3) is 32.3 Å². The molecule has 0 radical (unpaired) electrons. The standard InChI is InChI=1S/C61H94O8/c1-7-13-18-29-36-63-55-43-49-50-44-56(64-37-30-19-14-8-2)58(66-39-32-21-16-10-4)46-52(50)54-48-60(68-41-34-27-25-23-24-26-28-35-42-69-61(62)12-6)59(67-40-33-22-17-11-5)47-53(54)51(49)45-57(55)65-38-31-20-15-9-3/h12,43-48H,6-11,13-42H2,1-5H3. The van der Waals surface area contributed by atoms with Crippen LogP contribution in [0.2, 0.25) is 0 Å². The van der Waals surface area contributed by atoms with Gasteiger partial charge >= 0.3 is 5.97 Å². The first-order chi connectivity index (χ1) is 34.0. The van der Waals surface area contributed by atoms with Crippen molar-refractivity contribution >= 4 is 38.3 Å². The van der Waals surface area contributed by atoms with Gasteiger partial charge in [-0.2, -0.15) is 0 Å². The minimum absolute atomic E-state index is 0.339. The van der Waals surface area contributed by atoms with Gasteiger partial charge in [-0.3, -0.25) is 0 Å². The number of hydrogen-bond donors (Lipinski definition) is 0. The number of fused-ring (bicyclic) bond motifs is 6.